The van der Waals surface area contributed by atoms with Gasteiger partial charge in [-0.25, -0.2) is 0 Å². The van der Waals surface area contributed by atoms with Crippen molar-refractivity contribution >= 4 is 26.9 Å². The highest BCUT2D eigenvalue weighted by atomic mass is 79.9. The molecule has 152 valence electrons. The van der Waals surface area contributed by atoms with Gasteiger partial charge in [-0.3, -0.25) is 9.69 Å². The number of morpholine rings is 1. The second-order valence-electron chi connectivity index (χ2n) is 7.51. The van der Waals surface area contributed by atoms with Crippen LogP contribution < -0.4 is 10.2 Å². The minimum Gasteiger partial charge on any atom is -0.492 e. The fourth-order valence-corrected chi connectivity index (χ4v) is 4.05. The van der Waals surface area contributed by atoms with E-state index < -0.39 is 0 Å². The van der Waals surface area contributed by atoms with E-state index in [9.17, 15) is 4.79 Å². The van der Waals surface area contributed by atoms with Crippen LogP contribution in [0.15, 0.2) is 62.4 Å². The van der Waals surface area contributed by atoms with Gasteiger partial charge in [0, 0.05) is 30.2 Å². The third kappa shape index (κ3) is 4.71. The number of rotatable bonds is 5. The predicted octanol–water partition coefficient (Wildman–Crippen LogP) is 4.71. The van der Waals surface area contributed by atoms with E-state index in [4.69, 9.17) is 13.9 Å². The Morgan fingerprint density at radius 2 is 1.83 bits per heavy atom. The van der Waals surface area contributed by atoms with Crippen molar-refractivity contribution in [1.82, 2.24) is 4.90 Å². The van der Waals surface area contributed by atoms with Gasteiger partial charge in [0.2, 0.25) is 0 Å². The van der Waals surface area contributed by atoms with E-state index in [1.54, 1.807) is 12.1 Å². The molecule has 2 aromatic carbocycles. The maximum atomic E-state index is 12.9. The molecule has 0 saturated carbocycles. The molecule has 29 heavy (non-hydrogen) atoms. The molecule has 0 N–H and O–H groups in total. The first-order valence-corrected chi connectivity index (χ1v) is 10.6. The van der Waals surface area contributed by atoms with E-state index in [2.05, 4.69) is 34.7 Å². The van der Waals surface area contributed by atoms with Crippen LogP contribution in [0.1, 0.15) is 13.8 Å². The van der Waals surface area contributed by atoms with Gasteiger partial charge in [0.25, 0.3) is 0 Å². The van der Waals surface area contributed by atoms with Crippen LogP contribution in [0.3, 0.4) is 0 Å². The Bertz CT molecular complexity index is 1040. The summed E-state index contributed by atoms with van der Waals surface area (Å²) >= 11 is 3.41. The lowest BCUT2D eigenvalue weighted by molar-refractivity contribution is -0.0699. The highest BCUT2D eigenvalue weighted by molar-refractivity contribution is 9.10. The summed E-state index contributed by atoms with van der Waals surface area (Å²) in [6.45, 7) is 7.43. The first-order valence-electron chi connectivity index (χ1n) is 9.82. The van der Waals surface area contributed by atoms with Crippen molar-refractivity contribution in [2.45, 2.75) is 26.1 Å². The van der Waals surface area contributed by atoms with Crippen molar-refractivity contribution in [2.75, 3.05) is 26.2 Å². The minimum absolute atomic E-state index is 0.0450. The topological polar surface area (TPSA) is 51.9 Å². The smallest absolute Gasteiger partial charge is 0.200 e. The Balaban J connectivity index is 1.46. The summed E-state index contributed by atoms with van der Waals surface area (Å²) in [4.78, 5) is 15.2. The normalized spacial score (nSPS) is 20.1. The number of fused-ring (bicyclic) bond motifs is 1. The largest absolute Gasteiger partial charge is 0.492 e. The summed E-state index contributed by atoms with van der Waals surface area (Å²) in [6, 6.07) is 13.0. The molecule has 0 radical (unpaired) electrons. The zero-order chi connectivity index (χ0) is 20.4. The standard InChI is InChI=1S/C23H24BrNO4/c1-15-12-25(13-16(2)29-15)9-10-27-19-7-8-20-22(11-19)28-14-21(23(20)26)17-3-5-18(24)6-4-17/h3-8,11,14-16H,9-10,12-13H2,1-2H3/t15-,16+. The summed E-state index contributed by atoms with van der Waals surface area (Å²) in [6.07, 6.45) is 2.01. The van der Waals surface area contributed by atoms with Crippen LogP contribution in [0.4, 0.5) is 0 Å². The van der Waals surface area contributed by atoms with Gasteiger partial charge in [-0.05, 0) is 43.7 Å². The van der Waals surface area contributed by atoms with Crippen LogP contribution >= 0.6 is 15.9 Å². The van der Waals surface area contributed by atoms with Crippen LogP contribution in [0, 0.1) is 0 Å². The molecule has 1 fully saturated rings. The minimum atomic E-state index is -0.0450. The highest BCUT2D eigenvalue weighted by Crippen LogP contribution is 2.24. The van der Waals surface area contributed by atoms with E-state index >= 15 is 0 Å². The first kappa shape index (κ1) is 20.1. The number of ether oxygens (including phenoxy) is 2. The van der Waals surface area contributed by atoms with Gasteiger partial charge in [-0.15, -0.1) is 0 Å². The molecular weight excluding hydrogens is 434 g/mol. The predicted molar refractivity (Wildman–Crippen MR) is 118 cm³/mol. The molecule has 0 aliphatic carbocycles. The molecule has 3 aromatic rings. The summed E-state index contributed by atoms with van der Waals surface area (Å²) in [7, 11) is 0. The summed E-state index contributed by atoms with van der Waals surface area (Å²) in [5.74, 6) is 0.700. The number of halogens is 1. The molecule has 1 aromatic heterocycles. The lowest BCUT2D eigenvalue weighted by atomic mass is 10.1. The average Bonchev–Trinajstić information content (AvgIpc) is 2.68. The molecule has 6 heteroatoms. The van der Waals surface area contributed by atoms with E-state index in [1.165, 1.54) is 6.26 Å². The summed E-state index contributed by atoms with van der Waals surface area (Å²) < 4.78 is 18.4. The highest BCUT2D eigenvalue weighted by Gasteiger charge is 2.21. The van der Waals surface area contributed by atoms with Crippen LogP contribution in [-0.2, 0) is 4.74 Å². The van der Waals surface area contributed by atoms with Crippen molar-refractivity contribution in [3.63, 3.8) is 0 Å². The van der Waals surface area contributed by atoms with Gasteiger partial charge in [0.1, 0.15) is 24.2 Å². The van der Waals surface area contributed by atoms with Gasteiger partial charge >= 0.3 is 0 Å². The average molecular weight is 458 g/mol. The maximum absolute atomic E-state index is 12.9. The van der Waals surface area contributed by atoms with E-state index in [0.717, 1.165) is 29.7 Å². The first-order chi connectivity index (χ1) is 14.0. The number of hydrogen-bond acceptors (Lipinski definition) is 5. The second kappa shape index (κ2) is 8.69. The summed E-state index contributed by atoms with van der Waals surface area (Å²) in [5.41, 5.74) is 1.87. The number of nitrogens with zero attached hydrogens (tertiary/aromatic N) is 1. The van der Waals surface area contributed by atoms with Gasteiger partial charge in [-0.2, -0.15) is 0 Å². The number of benzene rings is 2. The molecule has 2 heterocycles. The van der Waals surface area contributed by atoms with Crippen molar-refractivity contribution in [3.05, 3.63) is 63.4 Å². The maximum Gasteiger partial charge on any atom is 0.200 e. The van der Waals surface area contributed by atoms with E-state index in [1.807, 2.05) is 30.3 Å². The summed E-state index contributed by atoms with van der Waals surface area (Å²) in [5, 5.41) is 0.550. The molecule has 0 bridgehead atoms. The Hall–Kier alpha value is -2.15. The Morgan fingerprint density at radius 3 is 2.55 bits per heavy atom. The third-order valence-electron chi connectivity index (χ3n) is 5.07. The van der Waals surface area contributed by atoms with Crippen molar-refractivity contribution in [1.29, 1.82) is 0 Å². The molecular formula is C23H24BrNO4. The fourth-order valence-electron chi connectivity index (χ4n) is 3.79. The second-order valence-corrected chi connectivity index (χ2v) is 8.42. The van der Waals surface area contributed by atoms with Crippen molar-refractivity contribution in [2.24, 2.45) is 0 Å². The zero-order valence-electron chi connectivity index (χ0n) is 16.6. The van der Waals surface area contributed by atoms with Gasteiger partial charge < -0.3 is 13.9 Å². The molecule has 0 unspecified atom stereocenters. The molecule has 1 aliphatic heterocycles. The SMILES string of the molecule is C[C@@H]1CN(CCOc2ccc3c(=O)c(-c4ccc(Br)cc4)coc3c2)C[C@H](C)O1. The van der Waals surface area contributed by atoms with Crippen LogP contribution in [0.25, 0.3) is 22.1 Å². The molecule has 2 atom stereocenters. The van der Waals surface area contributed by atoms with Crippen LogP contribution in [-0.4, -0.2) is 43.3 Å². The quantitative estimate of drug-likeness (QED) is 0.555. The van der Waals surface area contributed by atoms with E-state index in [-0.39, 0.29) is 17.6 Å². The Labute approximate surface area is 178 Å². The van der Waals surface area contributed by atoms with Gasteiger partial charge in [0.15, 0.2) is 5.43 Å². The Kier molecular flexibility index (Phi) is 6.04. The monoisotopic (exact) mass is 457 g/mol. The molecule has 0 spiro atoms. The fraction of sp³-hybridized carbons (Fsp3) is 0.348. The molecule has 0 amide bonds. The molecule has 1 aliphatic rings. The van der Waals surface area contributed by atoms with Gasteiger partial charge in [-0.1, -0.05) is 28.1 Å². The zero-order valence-corrected chi connectivity index (χ0v) is 18.1. The van der Waals surface area contributed by atoms with Crippen molar-refractivity contribution in [3.8, 4) is 16.9 Å². The Morgan fingerprint density at radius 1 is 1.10 bits per heavy atom. The lowest BCUT2D eigenvalue weighted by Gasteiger charge is -2.35. The van der Waals surface area contributed by atoms with Crippen molar-refractivity contribution < 1.29 is 13.9 Å². The lowest BCUT2D eigenvalue weighted by Crippen LogP contribution is -2.46. The van der Waals surface area contributed by atoms with Gasteiger partial charge in [0.05, 0.1) is 23.2 Å². The molecule has 1 saturated heterocycles. The molecule has 5 nitrogen and oxygen atoms in total. The third-order valence-corrected chi connectivity index (χ3v) is 5.60. The van der Waals surface area contributed by atoms with Crippen LogP contribution in [0.2, 0.25) is 0 Å². The molecule has 4 rings (SSSR count). The van der Waals surface area contributed by atoms with E-state index in [0.29, 0.717) is 28.9 Å². The number of hydrogen-bond donors (Lipinski definition) is 0. The van der Waals surface area contributed by atoms with Crippen LogP contribution in [0.5, 0.6) is 5.75 Å².